The number of carbonyl (C=O) groups is 1. The van der Waals surface area contributed by atoms with Crippen LogP contribution in [0.5, 0.6) is 0 Å². The number of rotatable bonds is 2. The zero-order valence-corrected chi connectivity index (χ0v) is 5.88. The first kappa shape index (κ1) is 7.66. The maximum Gasteiger partial charge on any atom is 0.150 e. The standard InChI is InChI=1S/C9H7FO/c1-2-8-5-7(6-11)3-4-9(8)10/h2-6H,1H2. The van der Waals surface area contributed by atoms with Crippen LogP contribution in [0.25, 0.3) is 6.08 Å². The molecule has 0 unspecified atom stereocenters. The van der Waals surface area contributed by atoms with Crippen molar-refractivity contribution in [1.29, 1.82) is 0 Å². The molecule has 0 bridgehead atoms. The van der Waals surface area contributed by atoms with E-state index in [1.54, 1.807) is 0 Å². The molecule has 0 N–H and O–H groups in total. The average Bonchev–Trinajstić information content (AvgIpc) is 2.05. The molecular formula is C9H7FO. The van der Waals surface area contributed by atoms with E-state index in [4.69, 9.17) is 0 Å². The predicted octanol–water partition coefficient (Wildman–Crippen LogP) is 2.28. The number of benzene rings is 1. The fraction of sp³-hybridized carbons (Fsp3) is 0. The molecule has 0 radical (unpaired) electrons. The molecule has 0 heterocycles. The lowest BCUT2D eigenvalue weighted by molar-refractivity contribution is 0.112. The second-order valence-corrected chi connectivity index (χ2v) is 2.10. The summed E-state index contributed by atoms with van der Waals surface area (Å²) in [5.41, 5.74) is 0.816. The van der Waals surface area contributed by atoms with Crippen molar-refractivity contribution >= 4 is 12.4 Å². The molecule has 2 heteroatoms. The molecule has 1 aromatic carbocycles. The van der Waals surface area contributed by atoms with Crippen LogP contribution >= 0.6 is 0 Å². The van der Waals surface area contributed by atoms with E-state index in [0.717, 1.165) is 0 Å². The quantitative estimate of drug-likeness (QED) is 0.591. The lowest BCUT2D eigenvalue weighted by Gasteiger charge is -1.95. The summed E-state index contributed by atoms with van der Waals surface area (Å²) in [6, 6.07) is 4.13. The van der Waals surface area contributed by atoms with E-state index < -0.39 is 0 Å². The van der Waals surface area contributed by atoms with Crippen LogP contribution in [0.4, 0.5) is 4.39 Å². The van der Waals surface area contributed by atoms with Crippen LogP contribution < -0.4 is 0 Å². The summed E-state index contributed by atoms with van der Waals surface area (Å²) < 4.78 is 12.7. The summed E-state index contributed by atoms with van der Waals surface area (Å²) in [6.07, 6.45) is 2.05. The lowest BCUT2D eigenvalue weighted by Crippen LogP contribution is -1.85. The molecule has 0 atom stereocenters. The Morgan fingerprint density at radius 1 is 1.45 bits per heavy atom. The van der Waals surface area contributed by atoms with Gasteiger partial charge < -0.3 is 0 Å². The highest BCUT2D eigenvalue weighted by Crippen LogP contribution is 2.09. The predicted molar refractivity (Wildman–Crippen MR) is 41.9 cm³/mol. The molecule has 0 spiro atoms. The van der Waals surface area contributed by atoms with Crippen LogP contribution in [0.2, 0.25) is 0 Å². The first-order chi connectivity index (χ1) is 5.27. The van der Waals surface area contributed by atoms with Crippen LogP contribution in [-0.4, -0.2) is 6.29 Å². The van der Waals surface area contributed by atoms with Gasteiger partial charge in [-0.1, -0.05) is 12.7 Å². The lowest BCUT2D eigenvalue weighted by atomic mass is 10.1. The zero-order valence-electron chi connectivity index (χ0n) is 5.88. The van der Waals surface area contributed by atoms with Crippen molar-refractivity contribution in [3.8, 4) is 0 Å². The van der Waals surface area contributed by atoms with Crippen LogP contribution in [0.1, 0.15) is 15.9 Å². The Hall–Kier alpha value is -1.44. The summed E-state index contributed by atoms with van der Waals surface area (Å²) in [7, 11) is 0. The van der Waals surface area contributed by atoms with Gasteiger partial charge in [0.1, 0.15) is 12.1 Å². The van der Waals surface area contributed by atoms with E-state index in [-0.39, 0.29) is 5.82 Å². The third-order valence-corrected chi connectivity index (χ3v) is 1.38. The molecule has 0 aliphatic heterocycles. The van der Waals surface area contributed by atoms with Gasteiger partial charge in [-0.15, -0.1) is 0 Å². The molecule has 0 aliphatic carbocycles. The summed E-state index contributed by atoms with van der Waals surface area (Å²) in [6.45, 7) is 3.41. The molecule has 0 amide bonds. The first-order valence-electron chi connectivity index (χ1n) is 3.15. The SMILES string of the molecule is C=Cc1cc(C=O)ccc1F. The molecule has 1 aromatic rings. The third-order valence-electron chi connectivity index (χ3n) is 1.38. The second-order valence-electron chi connectivity index (χ2n) is 2.10. The number of aldehydes is 1. The van der Waals surface area contributed by atoms with Gasteiger partial charge in [-0.25, -0.2) is 4.39 Å². The molecule has 0 aliphatic rings. The highest BCUT2D eigenvalue weighted by Gasteiger charge is 1.97. The number of hydrogen-bond acceptors (Lipinski definition) is 1. The van der Waals surface area contributed by atoms with E-state index in [9.17, 15) is 9.18 Å². The average molecular weight is 150 g/mol. The van der Waals surface area contributed by atoms with Gasteiger partial charge >= 0.3 is 0 Å². The Bertz CT molecular complexity index is 292. The minimum Gasteiger partial charge on any atom is -0.298 e. The van der Waals surface area contributed by atoms with Crippen molar-refractivity contribution in [2.75, 3.05) is 0 Å². The van der Waals surface area contributed by atoms with E-state index in [2.05, 4.69) is 6.58 Å². The minimum atomic E-state index is -0.356. The van der Waals surface area contributed by atoms with E-state index in [0.29, 0.717) is 17.4 Å². The summed E-state index contributed by atoms with van der Waals surface area (Å²) in [5, 5.41) is 0. The van der Waals surface area contributed by atoms with Crippen molar-refractivity contribution in [1.82, 2.24) is 0 Å². The van der Waals surface area contributed by atoms with E-state index >= 15 is 0 Å². The second kappa shape index (κ2) is 3.10. The van der Waals surface area contributed by atoms with Gasteiger partial charge in [0.25, 0.3) is 0 Å². The summed E-state index contributed by atoms with van der Waals surface area (Å²) in [5.74, 6) is -0.356. The van der Waals surface area contributed by atoms with Gasteiger partial charge in [0.15, 0.2) is 0 Å². The zero-order chi connectivity index (χ0) is 8.27. The highest BCUT2D eigenvalue weighted by atomic mass is 19.1. The van der Waals surface area contributed by atoms with Crippen molar-refractivity contribution in [3.63, 3.8) is 0 Å². The van der Waals surface area contributed by atoms with Crippen LogP contribution in [0, 0.1) is 5.82 Å². The van der Waals surface area contributed by atoms with Crippen molar-refractivity contribution < 1.29 is 9.18 Å². The molecule has 0 fully saturated rings. The van der Waals surface area contributed by atoms with Crippen LogP contribution in [-0.2, 0) is 0 Å². The molecular weight excluding hydrogens is 143 g/mol. The monoisotopic (exact) mass is 150 g/mol. The van der Waals surface area contributed by atoms with Gasteiger partial charge in [0.2, 0.25) is 0 Å². The smallest absolute Gasteiger partial charge is 0.150 e. The topological polar surface area (TPSA) is 17.1 Å². The van der Waals surface area contributed by atoms with E-state index in [1.807, 2.05) is 0 Å². The Kier molecular flexibility index (Phi) is 2.16. The maximum atomic E-state index is 12.7. The molecule has 11 heavy (non-hydrogen) atoms. The molecule has 0 saturated heterocycles. The maximum absolute atomic E-state index is 12.7. The summed E-state index contributed by atoms with van der Waals surface area (Å²) in [4.78, 5) is 10.2. The van der Waals surface area contributed by atoms with Crippen molar-refractivity contribution in [2.45, 2.75) is 0 Å². The summed E-state index contributed by atoms with van der Waals surface area (Å²) >= 11 is 0. The van der Waals surface area contributed by atoms with Crippen molar-refractivity contribution in [3.05, 3.63) is 41.7 Å². The normalized spacial score (nSPS) is 9.18. The number of hydrogen-bond donors (Lipinski definition) is 0. The molecule has 1 nitrogen and oxygen atoms in total. The largest absolute Gasteiger partial charge is 0.298 e. The molecule has 0 aromatic heterocycles. The van der Waals surface area contributed by atoms with Gasteiger partial charge in [-0.05, 0) is 18.2 Å². The number of halogens is 1. The van der Waals surface area contributed by atoms with Gasteiger partial charge in [0.05, 0.1) is 0 Å². The minimum absolute atomic E-state index is 0.356. The Labute approximate surface area is 64.2 Å². The van der Waals surface area contributed by atoms with Gasteiger partial charge in [0, 0.05) is 11.1 Å². The first-order valence-corrected chi connectivity index (χ1v) is 3.15. The van der Waals surface area contributed by atoms with Gasteiger partial charge in [-0.2, -0.15) is 0 Å². The Balaban J connectivity index is 3.22. The fourth-order valence-electron chi connectivity index (χ4n) is 0.792. The van der Waals surface area contributed by atoms with Crippen LogP contribution in [0.3, 0.4) is 0 Å². The molecule has 1 rings (SSSR count). The highest BCUT2D eigenvalue weighted by molar-refractivity contribution is 5.76. The van der Waals surface area contributed by atoms with Gasteiger partial charge in [-0.3, -0.25) is 4.79 Å². The number of carbonyl (C=O) groups excluding carboxylic acids is 1. The fourth-order valence-corrected chi connectivity index (χ4v) is 0.792. The van der Waals surface area contributed by atoms with Crippen LogP contribution in [0.15, 0.2) is 24.8 Å². The Morgan fingerprint density at radius 3 is 2.73 bits per heavy atom. The Morgan fingerprint density at radius 2 is 2.18 bits per heavy atom. The molecule has 56 valence electrons. The van der Waals surface area contributed by atoms with E-state index in [1.165, 1.54) is 24.3 Å². The molecule has 0 saturated carbocycles. The third kappa shape index (κ3) is 1.52. The van der Waals surface area contributed by atoms with Crippen molar-refractivity contribution in [2.24, 2.45) is 0 Å².